The second kappa shape index (κ2) is 7.06. The number of hydrogen-bond donors (Lipinski definition) is 2. The molecule has 134 valence electrons. The SMILES string of the molecule is CCOc1cccc2nn3c(C4CCNC(C)C4)cc(=O)[nH]c3c12.Cl. The lowest BCUT2D eigenvalue weighted by molar-refractivity contribution is 0.344. The normalized spacial score (nSPS) is 20.6. The van der Waals surface area contributed by atoms with E-state index in [2.05, 4.69) is 17.2 Å². The van der Waals surface area contributed by atoms with Gasteiger partial charge in [0.2, 0.25) is 0 Å². The molecule has 1 saturated heterocycles. The first-order valence-corrected chi connectivity index (χ1v) is 8.58. The molecule has 25 heavy (non-hydrogen) atoms. The van der Waals surface area contributed by atoms with Crippen LogP contribution in [0.4, 0.5) is 0 Å². The van der Waals surface area contributed by atoms with E-state index in [9.17, 15) is 4.79 Å². The Kier molecular flexibility index (Phi) is 5.01. The molecule has 2 aromatic heterocycles. The van der Waals surface area contributed by atoms with Gasteiger partial charge < -0.3 is 15.0 Å². The zero-order chi connectivity index (χ0) is 16.7. The number of aromatic nitrogens is 3. The number of ether oxygens (including phenoxy) is 1. The number of nitrogens with zero attached hydrogens (tertiary/aromatic N) is 2. The van der Waals surface area contributed by atoms with Gasteiger partial charge in [0, 0.05) is 18.0 Å². The molecular formula is C18H23ClN4O2. The Morgan fingerprint density at radius 3 is 3.00 bits per heavy atom. The first kappa shape index (κ1) is 17.8. The third-order valence-electron chi connectivity index (χ3n) is 4.77. The van der Waals surface area contributed by atoms with Crippen LogP contribution in [-0.2, 0) is 0 Å². The average molecular weight is 363 g/mol. The molecule has 2 N–H and O–H groups in total. The van der Waals surface area contributed by atoms with Crippen molar-refractivity contribution in [2.24, 2.45) is 0 Å². The maximum absolute atomic E-state index is 12.3. The minimum atomic E-state index is -0.0863. The summed E-state index contributed by atoms with van der Waals surface area (Å²) in [5.74, 6) is 1.09. The summed E-state index contributed by atoms with van der Waals surface area (Å²) in [7, 11) is 0. The molecular weight excluding hydrogens is 340 g/mol. The van der Waals surface area contributed by atoms with Gasteiger partial charge in [-0.15, -0.1) is 12.4 Å². The summed E-state index contributed by atoms with van der Waals surface area (Å²) in [6, 6.07) is 7.96. The van der Waals surface area contributed by atoms with Crippen molar-refractivity contribution >= 4 is 29.0 Å². The Morgan fingerprint density at radius 1 is 1.40 bits per heavy atom. The van der Waals surface area contributed by atoms with Crippen molar-refractivity contribution in [3.05, 3.63) is 40.3 Å². The molecule has 0 bridgehead atoms. The molecule has 1 aliphatic heterocycles. The average Bonchev–Trinajstić information content (AvgIpc) is 2.94. The molecule has 3 heterocycles. The quantitative estimate of drug-likeness (QED) is 0.751. The Labute approximate surface area is 152 Å². The van der Waals surface area contributed by atoms with Crippen LogP contribution in [0.25, 0.3) is 16.6 Å². The maximum Gasteiger partial charge on any atom is 0.251 e. The lowest BCUT2D eigenvalue weighted by Gasteiger charge is -2.28. The van der Waals surface area contributed by atoms with Gasteiger partial charge in [-0.25, -0.2) is 4.52 Å². The monoisotopic (exact) mass is 362 g/mol. The van der Waals surface area contributed by atoms with E-state index in [4.69, 9.17) is 9.84 Å². The van der Waals surface area contributed by atoms with E-state index < -0.39 is 0 Å². The van der Waals surface area contributed by atoms with Crippen molar-refractivity contribution in [2.45, 2.75) is 38.6 Å². The van der Waals surface area contributed by atoms with Gasteiger partial charge in [-0.1, -0.05) is 6.07 Å². The summed E-state index contributed by atoms with van der Waals surface area (Å²) in [6.07, 6.45) is 2.02. The van der Waals surface area contributed by atoms with Crippen LogP contribution in [0.15, 0.2) is 29.1 Å². The van der Waals surface area contributed by atoms with Gasteiger partial charge in [-0.3, -0.25) is 4.79 Å². The molecule has 1 aliphatic rings. The molecule has 3 aromatic rings. The third kappa shape index (κ3) is 3.12. The second-order valence-corrected chi connectivity index (χ2v) is 6.48. The first-order valence-electron chi connectivity index (χ1n) is 8.58. The van der Waals surface area contributed by atoms with Gasteiger partial charge in [0.05, 0.1) is 23.2 Å². The van der Waals surface area contributed by atoms with Crippen molar-refractivity contribution < 1.29 is 4.74 Å². The van der Waals surface area contributed by atoms with Crippen LogP contribution in [-0.4, -0.2) is 33.8 Å². The molecule has 2 unspecified atom stereocenters. The van der Waals surface area contributed by atoms with Crippen molar-refractivity contribution in [3.8, 4) is 5.75 Å². The van der Waals surface area contributed by atoms with Crippen LogP contribution in [0.5, 0.6) is 5.75 Å². The zero-order valence-electron chi connectivity index (χ0n) is 14.4. The molecule has 0 radical (unpaired) electrons. The van der Waals surface area contributed by atoms with Crippen LogP contribution in [0, 0.1) is 0 Å². The summed E-state index contributed by atoms with van der Waals surface area (Å²) < 4.78 is 7.64. The lowest BCUT2D eigenvalue weighted by Crippen LogP contribution is -2.35. The number of halogens is 1. The first-order chi connectivity index (χ1) is 11.7. The Bertz CT molecular complexity index is 949. The molecule has 0 amide bonds. The molecule has 0 aliphatic carbocycles. The third-order valence-corrected chi connectivity index (χ3v) is 4.77. The van der Waals surface area contributed by atoms with Gasteiger partial charge in [-0.05, 0) is 45.4 Å². The van der Waals surface area contributed by atoms with E-state index in [0.29, 0.717) is 18.6 Å². The fourth-order valence-electron chi connectivity index (χ4n) is 3.72. The Morgan fingerprint density at radius 2 is 2.24 bits per heavy atom. The van der Waals surface area contributed by atoms with Crippen molar-refractivity contribution in [3.63, 3.8) is 0 Å². The van der Waals surface area contributed by atoms with Crippen molar-refractivity contribution in [1.82, 2.24) is 19.9 Å². The number of H-pyrrole nitrogens is 1. The minimum absolute atomic E-state index is 0. The van der Waals surface area contributed by atoms with E-state index in [1.165, 1.54) is 0 Å². The summed E-state index contributed by atoms with van der Waals surface area (Å²) in [4.78, 5) is 15.2. The summed E-state index contributed by atoms with van der Waals surface area (Å²) in [5.41, 5.74) is 2.46. The predicted octanol–water partition coefficient (Wildman–Crippen LogP) is 2.85. The molecule has 0 saturated carbocycles. The second-order valence-electron chi connectivity index (χ2n) is 6.48. The van der Waals surface area contributed by atoms with Crippen molar-refractivity contribution in [2.75, 3.05) is 13.2 Å². The van der Waals surface area contributed by atoms with Gasteiger partial charge in [0.25, 0.3) is 5.56 Å². The lowest BCUT2D eigenvalue weighted by atomic mass is 9.90. The molecule has 6 nitrogen and oxygen atoms in total. The number of rotatable bonds is 3. The molecule has 7 heteroatoms. The molecule has 2 atom stereocenters. The van der Waals surface area contributed by atoms with Gasteiger partial charge in [0.15, 0.2) is 0 Å². The van der Waals surface area contributed by atoms with E-state index >= 15 is 0 Å². The van der Waals surface area contributed by atoms with E-state index in [1.807, 2.05) is 29.6 Å². The summed E-state index contributed by atoms with van der Waals surface area (Å²) >= 11 is 0. The number of aromatic amines is 1. The van der Waals surface area contributed by atoms with E-state index in [-0.39, 0.29) is 18.0 Å². The smallest absolute Gasteiger partial charge is 0.251 e. The highest BCUT2D eigenvalue weighted by atomic mass is 35.5. The van der Waals surface area contributed by atoms with Crippen LogP contribution in [0.1, 0.15) is 38.3 Å². The molecule has 1 fully saturated rings. The largest absolute Gasteiger partial charge is 0.493 e. The number of hydrogen-bond acceptors (Lipinski definition) is 4. The Balaban J connectivity index is 0.00000182. The van der Waals surface area contributed by atoms with Crippen LogP contribution in [0.2, 0.25) is 0 Å². The van der Waals surface area contributed by atoms with Crippen molar-refractivity contribution in [1.29, 1.82) is 0 Å². The van der Waals surface area contributed by atoms with E-state index in [0.717, 1.165) is 47.4 Å². The highest BCUT2D eigenvalue weighted by molar-refractivity contribution is 5.97. The fraction of sp³-hybridized carbons (Fsp3) is 0.444. The van der Waals surface area contributed by atoms with Crippen LogP contribution >= 0.6 is 12.4 Å². The minimum Gasteiger partial charge on any atom is -0.493 e. The number of fused-ring (bicyclic) bond motifs is 3. The molecule has 4 rings (SSSR count). The highest BCUT2D eigenvalue weighted by Gasteiger charge is 2.24. The highest BCUT2D eigenvalue weighted by Crippen LogP contribution is 2.32. The number of nitrogens with one attached hydrogen (secondary N) is 2. The topological polar surface area (TPSA) is 71.4 Å². The molecule has 1 aromatic carbocycles. The van der Waals surface area contributed by atoms with Crippen LogP contribution < -0.4 is 15.6 Å². The van der Waals surface area contributed by atoms with Gasteiger partial charge >= 0.3 is 0 Å². The maximum atomic E-state index is 12.3. The predicted molar refractivity (Wildman–Crippen MR) is 101 cm³/mol. The number of benzene rings is 1. The molecule has 0 spiro atoms. The van der Waals surface area contributed by atoms with Gasteiger partial charge in [0.1, 0.15) is 11.4 Å². The number of piperidine rings is 1. The Hall–Kier alpha value is -2.05. The fourth-order valence-corrected chi connectivity index (χ4v) is 3.72. The van der Waals surface area contributed by atoms with Gasteiger partial charge in [-0.2, -0.15) is 5.10 Å². The zero-order valence-corrected chi connectivity index (χ0v) is 15.2. The van der Waals surface area contributed by atoms with E-state index in [1.54, 1.807) is 6.07 Å². The standard InChI is InChI=1S/C18H22N4O2.ClH/c1-3-24-15-6-4-5-13-17(15)18-20-16(23)10-14(22(18)21-13)12-7-8-19-11(2)9-12;/h4-6,10-12,19H,3,7-9H2,1-2H3,(H,20,23);1H. The summed E-state index contributed by atoms with van der Waals surface area (Å²) in [5, 5.41) is 9.08. The summed E-state index contributed by atoms with van der Waals surface area (Å²) in [6.45, 7) is 5.68. The van der Waals surface area contributed by atoms with Crippen LogP contribution in [0.3, 0.4) is 0 Å².